The van der Waals surface area contributed by atoms with Crippen LogP contribution in [0, 0.1) is 26.9 Å². The second-order valence-electron chi connectivity index (χ2n) is 5.04. The number of hydrogen-bond acceptors (Lipinski definition) is 5. The van der Waals surface area contributed by atoms with Crippen molar-refractivity contribution in [1.82, 2.24) is 0 Å². The molecule has 0 aliphatic carbocycles. The number of carbonyl (C=O) groups is 1. The van der Waals surface area contributed by atoms with E-state index in [2.05, 4.69) is 6.07 Å². The molecule has 0 fully saturated rings. The van der Waals surface area contributed by atoms with Crippen molar-refractivity contribution in [2.45, 2.75) is 26.7 Å². The third-order valence-electron chi connectivity index (χ3n) is 2.84. The summed E-state index contributed by atoms with van der Waals surface area (Å²) in [7, 11) is 0. The fraction of sp³-hybridized carbons (Fsp3) is 0.429. The molecule has 0 aliphatic heterocycles. The molecule has 1 aromatic rings. The predicted octanol–water partition coefficient (Wildman–Crippen LogP) is 3.12. The molecule has 0 heterocycles. The van der Waals surface area contributed by atoms with Gasteiger partial charge in [0.2, 0.25) is 0 Å². The van der Waals surface area contributed by atoms with E-state index in [-0.39, 0.29) is 11.3 Å². The van der Waals surface area contributed by atoms with E-state index in [0.717, 1.165) is 0 Å². The first-order chi connectivity index (χ1) is 9.39. The molecule has 0 amide bonds. The van der Waals surface area contributed by atoms with Crippen LogP contribution in [0.4, 0.5) is 5.69 Å². The van der Waals surface area contributed by atoms with Crippen LogP contribution in [0.15, 0.2) is 18.2 Å². The summed E-state index contributed by atoms with van der Waals surface area (Å²) in [5.41, 5.74) is -0.407. The molecule has 0 aliphatic rings. The first-order valence-corrected chi connectivity index (χ1v) is 6.17. The molecule has 0 spiro atoms. The number of nitriles is 1. The normalized spacial score (nSPS) is 10.7. The van der Waals surface area contributed by atoms with Crippen molar-refractivity contribution in [2.75, 3.05) is 6.61 Å². The quantitative estimate of drug-likeness (QED) is 0.330. The van der Waals surface area contributed by atoms with E-state index < -0.39 is 10.3 Å². The number of ether oxygens (including phenoxy) is 1. The van der Waals surface area contributed by atoms with Gasteiger partial charge in [0, 0.05) is 12.1 Å². The van der Waals surface area contributed by atoms with E-state index in [1.807, 2.05) is 13.8 Å². The lowest BCUT2D eigenvalue weighted by Crippen LogP contribution is -2.10. The Kier molecular flexibility index (Phi) is 5.21. The summed E-state index contributed by atoms with van der Waals surface area (Å²) in [4.78, 5) is 20.9. The SMILES string of the molecule is CC(C)(C#N)CCCOc1ccc([N+](=O)[O-])cc1C=O. The van der Waals surface area contributed by atoms with E-state index in [4.69, 9.17) is 10.00 Å². The van der Waals surface area contributed by atoms with Crippen molar-refractivity contribution in [1.29, 1.82) is 5.26 Å². The maximum atomic E-state index is 10.9. The molecule has 0 radical (unpaired) electrons. The van der Waals surface area contributed by atoms with Crippen molar-refractivity contribution in [2.24, 2.45) is 5.41 Å². The highest BCUT2D eigenvalue weighted by Crippen LogP contribution is 2.24. The van der Waals surface area contributed by atoms with Crippen LogP contribution in [-0.4, -0.2) is 17.8 Å². The van der Waals surface area contributed by atoms with Crippen LogP contribution in [-0.2, 0) is 0 Å². The van der Waals surface area contributed by atoms with Crippen LogP contribution in [0.1, 0.15) is 37.0 Å². The van der Waals surface area contributed by atoms with E-state index in [1.165, 1.54) is 18.2 Å². The summed E-state index contributed by atoms with van der Waals surface area (Å²) in [6.07, 6.45) is 1.87. The summed E-state index contributed by atoms with van der Waals surface area (Å²) in [6.45, 7) is 4.04. The van der Waals surface area contributed by atoms with Gasteiger partial charge in [-0.25, -0.2) is 0 Å². The molecule has 0 unspecified atom stereocenters. The third kappa shape index (κ3) is 4.35. The van der Waals surface area contributed by atoms with Gasteiger partial charge in [-0.3, -0.25) is 14.9 Å². The van der Waals surface area contributed by atoms with Gasteiger partial charge in [0.1, 0.15) is 5.75 Å². The first kappa shape index (κ1) is 15.6. The van der Waals surface area contributed by atoms with Crippen molar-refractivity contribution in [3.8, 4) is 11.8 Å². The zero-order valence-electron chi connectivity index (χ0n) is 11.5. The van der Waals surface area contributed by atoms with Gasteiger partial charge in [0.25, 0.3) is 5.69 Å². The van der Waals surface area contributed by atoms with E-state index in [0.29, 0.717) is 31.5 Å². The molecular formula is C14H16N2O4. The predicted molar refractivity (Wildman–Crippen MR) is 72.6 cm³/mol. The Labute approximate surface area is 117 Å². The highest BCUT2D eigenvalue weighted by atomic mass is 16.6. The van der Waals surface area contributed by atoms with Gasteiger partial charge in [-0.1, -0.05) is 0 Å². The van der Waals surface area contributed by atoms with Crippen LogP contribution in [0.2, 0.25) is 0 Å². The largest absolute Gasteiger partial charge is 0.493 e. The smallest absolute Gasteiger partial charge is 0.270 e. The Bertz CT molecular complexity index is 547. The van der Waals surface area contributed by atoms with E-state index >= 15 is 0 Å². The van der Waals surface area contributed by atoms with Crippen LogP contribution >= 0.6 is 0 Å². The summed E-state index contributed by atoms with van der Waals surface area (Å²) in [6, 6.07) is 6.09. The number of nitrogens with zero attached hydrogens (tertiary/aromatic N) is 2. The minimum atomic E-state index is -0.563. The molecule has 0 N–H and O–H groups in total. The molecule has 0 bridgehead atoms. The molecular weight excluding hydrogens is 260 g/mol. The minimum absolute atomic E-state index is 0.148. The van der Waals surface area contributed by atoms with Gasteiger partial charge in [-0.05, 0) is 32.8 Å². The highest BCUT2D eigenvalue weighted by molar-refractivity contribution is 5.80. The fourth-order valence-electron chi connectivity index (χ4n) is 1.63. The Morgan fingerprint density at radius 2 is 2.20 bits per heavy atom. The molecule has 6 heteroatoms. The van der Waals surface area contributed by atoms with E-state index in [9.17, 15) is 14.9 Å². The topological polar surface area (TPSA) is 93.2 Å². The Morgan fingerprint density at radius 1 is 1.50 bits per heavy atom. The number of carbonyl (C=O) groups excluding carboxylic acids is 1. The zero-order chi connectivity index (χ0) is 15.2. The average molecular weight is 276 g/mol. The Morgan fingerprint density at radius 3 is 2.75 bits per heavy atom. The summed E-state index contributed by atoms with van der Waals surface area (Å²) < 4.78 is 5.44. The molecule has 1 rings (SSSR count). The van der Waals surface area contributed by atoms with Crippen LogP contribution in [0.5, 0.6) is 5.75 Å². The van der Waals surface area contributed by atoms with Crippen LogP contribution < -0.4 is 4.74 Å². The second kappa shape index (κ2) is 6.66. The number of rotatable bonds is 7. The lowest BCUT2D eigenvalue weighted by atomic mass is 9.90. The van der Waals surface area contributed by atoms with Gasteiger partial charge in [0.15, 0.2) is 6.29 Å². The fourth-order valence-corrected chi connectivity index (χ4v) is 1.63. The lowest BCUT2D eigenvalue weighted by Gasteiger charge is -2.15. The first-order valence-electron chi connectivity index (χ1n) is 6.17. The number of nitro groups is 1. The van der Waals surface area contributed by atoms with Crippen molar-refractivity contribution in [3.63, 3.8) is 0 Å². The second-order valence-corrected chi connectivity index (χ2v) is 5.04. The van der Waals surface area contributed by atoms with Crippen molar-refractivity contribution < 1.29 is 14.5 Å². The van der Waals surface area contributed by atoms with Crippen LogP contribution in [0.3, 0.4) is 0 Å². The number of non-ortho nitro benzene ring substituents is 1. The van der Waals surface area contributed by atoms with Crippen molar-refractivity contribution >= 4 is 12.0 Å². The molecule has 20 heavy (non-hydrogen) atoms. The number of aldehydes is 1. The number of benzene rings is 1. The van der Waals surface area contributed by atoms with Gasteiger partial charge in [0.05, 0.1) is 28.6 Å². The van der Waals surface area contributed by atoms with E-state index in [1.54, 1.807) is 0 Å². The molecule has 106 valence electrons. The number of nitro benzene ring substituents is 1. The van der Waals surface area contributed by atoms with Gasteiger partial charge < -0.3 is 4.74 Å². The van der Waals surface area contributed by atoms with Crippen molar-refractivity contribution in [3.05, 3.63) is 33.9 Å². The summed E-state index contributed by atoms with van der Waals surface area (Å²) >= 11 is 0. The molecule has 6 nitrogen and oxygen atoms in total. The highest BCUT2D eigenvalue weighted by Gasteiger charge is 2.16. The van der Waals surface area contributed by atoms with Gasteiger partial charge in [-0.15, -0.1) is 0 Å². The Hall–Kier alpha value is -2.42. The molecule has 0 aromatic heterocycles. The molecule has 1 aromatic carbocycles. The molecule has 0 saturated heterocycles. The summed E-state index contributed by atoms with van der Waals surface area (Å²) in [5.74, 6) is 0.320. The Balaban J connectivity index is 2.63. The molecule has 0 atom stereocenters. The van der Waals surface area contributed by atoms with Gasteiger partial charge >= 0.3 is 0 Å². The zero-order valence-corrected chi connectivity index (χ0v) is 11.5. The number of hydrogen-bond donors (Lipinski definition) is 0. The average Bonchev–Trinajstić information content (AvgIpc) is 2.43. The lowest BCUT2D eigenvalue weighted by molar-refractivity contribution is -0.384. The van der Waals surface area contributed by atoms with Gasteiger partial charge in [-0.2, -0.15) is 5.26 Å². The third-order valence-corrected chi connectivity index (χ3v) is 2.84. The molecule has 0 saturated carbocycles. The summed E-state index contributed by atoms with van der Waals surface area (Å²) in [5, 5.41) is 19.5. The minimum Gasteiger partial charge on any atom is -0.493 e. The maximum absolute atomic E-state index is 10.9. The standard InChI is InChI=1S/C14H16N2O4/c1-14(2,10-15)6-3-7-20-13-5-4-12(16(18)19)8-11(13)9-17/h4-5,8-9H,3,6-7H2,1-2H3. The van der Waals surface area contributed by atoms with Crippen LogP contribution in [0.25, 0.3) is 0 Å². The maximum Gasteiger partial charge on any atom is 0.270 e. The monoisotopic (exact) mass is 276 g/mol.